The van der Waals surface area contributed by atoms with Crippen molar-refractivity contribution in [2.75, 3.05) is 15.4 Å². The van der Waals surface area contributed by atoms with Gasteiger partial charge >= 0.3 is 24.2 Å². The Hall–Kier alpha value is -3.42. The van der Waals surface area contributed by atoms with Crippen LogP contribution in [-0.4, -0.2) is 46.0 Å². The van der Waals surface area contributed by atoms with E-state index in [2.05, 4.69) is 9.71 Å². The van der Waals surface area contributed by atoms with Crippen LogP contribution in [0.15, 0.2) is 57.8 Å². The standard InChI is InChI=1S/C12H10F3N3O3S2.C9H7ClF3NO3S/c1-7-6-8(23(20,21)18-11-16-4-5-22-11)2-3-9(7)17-10(19)12(13,14)15;1-5-4-6(18(10,16)17)2-3-7(5)14-8(15)9(11,12)13/h2-6H,1H3,(H,16,18)(H,17,19);2-4H,1H3,(H,14,15). The van der Waals surface area contributed by atoms with Crippen LogP contribution in [0.3, 0.4) is 0 Å². The van der Waals surface area contributed by atoms with Gasteiger partial charge in [0.15, 0.2) is 5.13 Å². The van der Waals surface area contributed by atoms with Gasteiger partial charge in [-0.2, -0.15) is 26.3 Å². The summed E-state index contributed by atoms with van der Waals surface area (Å²) in [5.74, 6) is -4.26. The summed E-state index contributed by atoms with van der Waals surface area (Å²) in [6, 6.07) is 6.44. The van der Waals surface area contributed by atoms with Crippen LogP contribution in [0.25, 0.3) is 0 Å². The number of nitrogens with zero attached hydrogens (tertiary/aromatic N) is 1. The molecule has 41 heavy (non-hydrogen) atoms. The first-order chi connectivity index (χ1) is 18.6. The minimum Gasteiger partial charge on any atom is -0.318 e. The number of hydrogen-bond donors (Lipinski definition) is 3. The van der Waals surface area contributed by atoms with E-state index in [1.165, 1.54) is 20.0 Å². The summed E-state index contributed by atoms with van der Waals surface area (Å²) in [6.07, 6.45) is -8.61. The summed E-state index contributed by atoms with van der Waals surface area (Å²) >= 11 is 1.08. The van der Waals surface area contributed by atoms with Gasteiger partial charge in [0.05, 0.1) is 9.79 Å². The van der Waals surface area contributed by atoms with Gasteiger partial charge in [0.1, 0.15) is 0 Å². The molecule has 2 aromatic carbocycles. The Morgan fingerprint density at radius 1 is 0.805 bits per heavy atom. The van der Waals surface area contributed by atoms with Gasteiger partial charge in [0.25, 0.3) is 19.1 Å². The number of carbonyl (C=O) groups excluding carboxylic acids is 2. The Bertz CT molecular complexity index is 1640. The van der Waals surface area contributed by atoms with Crippen molar-refractivity contribution in [3.05, 3.63) is 59.1 Å². The molecule has 0 radical (unpaired) electrons. The number of alkyl halides is 6. The highest BCUT2D eigenvalue weighted by Crippen LogP contribution is 2.26. The monoisotopic (exact) mass is 666 g/mol. The van der Waals surface area contributed by atoms with E-state index in [0.717, 1.165) is 47.7 Å². The first-order valence-corrected chi connectivity index (χ1v) is 15.1. The van der Waals surface area contributed by atoms with Gasteiger partial charge in [-0.3, -0.25) is 14.3 Å². The van der Waals surface area contributed by atoms with Crippen LogP contribution >= 0.6 is 22.0 Å². The molecular weight excluding hydrogens is 650 g/mol. The van der Waals surface area contributed by atoms with Crippen molar-refractivity contribution in [1.29, 1.82) is 0 Å². The molecule has 0 saturated heterocycles. The predicted octanol–water partition coefficient (Wildman–Crippen LogP) is 5.18. The highest BCUT2D eigenvalue weighted by atomic mass is 35.7. The van der Waals surface area contributed by atoms with E-state index in [1.54, 1.807) is 16.0 Å². The van der Waals surface area contributed by atoms with E-state index in [0.29, 0.717) is 0 Å². The Morgan fingerprint density at radius 3 is 1.61 bits per heavy atom. The van der Waals surface area contributed by atoms with Gasteiger partial charge in [-0.05, 0) is 61.4 Å². The van der Waals surface area contributed by atoms with Crippen LogP contribution in [0.1, 0.15) is 11.1 Å². The first-order valence-electron chi connectivity index (χ1n) is 10.5. The van der Waals surface area contributed by atoms with E-state index in [1.807, 2.05) is 0 Å². The maximum Gasteiger partial charge on any atom is 0.471 e. The molecule has 2 amide bonds. The fourth-order valence-electron chi connectivity index (χ4n) is 2.71. The predicted molar refractivity (Wildman–Crippen MR) is 138 cm³/mol. The molecule has 0 spiro atoms. The van der Waals surface area contributed by atoms with Crippen LogP contribution in [-0.2, 0) is 28.7 Å². The topological polar surface area (TPSA) is 151 Å². The molecule has 0 fully saturated rings. The fourth-order valence-corrected chi connectivity index (χ4v) is 5.42. The molecule has 10 nitrogen and oxygen atoms in total. The molecule has 0 bridgehead atoms. The number of nitrogens with one attached hydrogen (secondary N) is 3. The Morgan fingerprint density at radius 2 is 1.24 bits per heavy atom. The zero-order valence-electron chi connectivity index (χ0n) is 20.4. The minimum atomic E-state index is -5.02. The van der Waals surface area contributed by atoms with Gasteiger partial charge < -0.3 is 10.6 Å². The third-order valence-corrected chi connectivity index (χ3v) is 8.16. The SMILES string of the molecule is Cc1cc(S(=O)(=O)Cl)ccc1NC(=O)C(F)(F)F.Cc1cc(S(=O)(=O)Nc2nccs2)ccc1NC(=O)C(F)(F)F. The molecule has 0 unspecified atom stereocenters. The summed E-state index contributed by atoms with van der Waals surface area (Å²) in [4.78, 5) is 25.0. The summed E-state index contributed by atoms with van der Waals surface area (Å²) in [7, 11) is -2.81. The number of anilines is 3. The third-order valence-electron chi connectivity index (χ3n) is 4.65. The van der Waals surface area contributed by atoms with E-state index < -0.39 is 43.2 Å². The van der Waals surface area contributed by atoms with Crippen molar-refractivity contribution in [3.8, 4) is 0 Å². The average Bonchev–Trinajstić information content (AvgIpc) is 3.32. The Labute approximate surface area is 237 Å². The number of benzene rings is 2. The number of halogens is 7. The number of sulfonamides is 1. The molecule has 3 aromatic rings. The average molecular weight is 667 g/mol. The second kappa shape index (κ2) is 12.6. The molecule has 0 aliphatic rings. The van der Waals surface area contributed by atoms with Gasteiger partial charge in [-0.1, -0.05) is 0 Å². The third kappa shape index (κ3) is 9.87. The van der Waals surface area contributed by atoms with E-state index in [9.17, 15) is 52.8 Å². The van der Waals surface area contributed by atoms with E-state index >= 15 is 0 Å². The first kappa shape index (κ1) is 33.8. The van der Waals surface area contributed by atoms with Crippen LogP contribution in [0.2, 0.25) is 0 Å². The molecule has 0 aliphatic heterocycles. The highest BCUT2D eigenvalue weighted by molar-refractivity contribution is 8.13. The zero-order chi connectivity index (χ0) is 31.4. The molecule has 3 rings (SSSR count). The van der Waals surface area contributed by atoms with Crippen molar-refractivity contribution in [2.45, 2.75) is 36.0 Å². The summed E-state index contributed by atoms with van der Waals surface area (Å²) in [5.41, 5.74) is 0.0563. The van der Waals surface area contributed by atoms with Crippen molar-refractivity contribution < 1.29 is 52.8 Å². The number of carbonyl (C=O) groups is 2. The molecule has 0 aliphatic carbocycles. The van der Waals surface area contributed by atoms with Gasteiger partial charge in [0, 0.05) is 33.6 Å². The summed E-state index contributed by atoms with van der Waals surface area (Å²) in [5, 5.41) is 5.06. The number of aryl methyl sites for hydroxylation is 2. The second-order valence-corrected chi connectivity index (χ2v) is 12.9. The summed E-state index contributed by atoms with van der Waals surface area (Å²) < 4.78 is 121. The number of thiazole rings is 1. The lowest BCUT2D eigenvalue weighted by atomic mass is 10.2. The maximum atomic E-state index is 12.2. The van der Waals surface area contributed by atoms with E-state index in [-0.39, 0.29) is 37.4 Å². The second-order valence-electron chi connectivity index (χ2n) is 7.74. The van der Waals surface area contributed by atoms with Gasteiger partial charge in [0.2, 0.25) is 0 Å². The lowest BCUT2D eigenvalue weighted by molar-refractivity contribution is -0.167. The lowest BCUT2D eigenvalue weighted by Crippen LogP contribution is -2.30. The zero-order valence-corrected chi connectivity index (χ0v) is 23.6. The van der Waals surface area contributed by atoms with Gasteiger partial charge in [-0.15, -0.1) is 11.3 Å². The quantitative estimate of drug-likeness (QED) is 0.242. The normalized spacial score (nSPS) is 12.1. The number of amides is 2. The Balaban J connectivity index is 0.000000296. The number of aromatic nitrogens is 1. The molecule has 224 valence electrons. The fraction of sp³-hybridized carbons (Fsp3) is 0.190. The van der Waals surface area contributed by atoms with Crippen molar-refractivity contribution >= 4 is 69.4 Å². The maximum absolute atomic E-state index is 12.2. The van der Waals surface area contributed by atoms with Crippen LogP contribution in [0, 0.1) is 13.8 Å². The Kier molecular flexibility index (Phi) is 10.4. The van der Waals surface area contributed by atoms with Crippen LogP contribution in [0.4, 0.5) is 42.8 Å². The summed E-state index contributed by atoms with van der Waals surface area (Å²) in [6.45, 7) is 2.73. The highest BCUT2D eigenvalue weighted by Gasteiger charge is 2.39. The smallest absolute Gasteiger partial charge is 0.318 e. The molecule has 0 saturated carbocycles. The van der Waals surface area contributed by atoms with Gasteiger partial charge in [-0.25, -0.2) is 21.8 Å². The van der Waals surface area contributed by atoms with Crippen molar-refractivity contribution in [2.24, 2.45) is 0 Å². The molecule has 3 N–H and O–H groups in total. The molecule has 0 atom stereocenters. The van der Waals surface area contributed by atoms with Crippen LogP contribution in [0.5, 0.6) is 0 Å². The number of rotatable bonds is 6. The van der Waals surface area contributed by atoms with Crippen molar-refractivity contribution in [1.82, 2.24) is 4.98 Å². The van der Waals surface area contributed by atoms with E-state index in [4.69, 9.17) is 10.7 Å². The molecule has 20 heteroatoms. The molecule has 1 heterocycles. The van der Waals surface area contributed by atoms with Crippen molar-refractivity contribution in [3.63, 3.8) is 0 Å². The molecular formula is C21H17ClF6N4O6S3. The van der Waals surface area contributed by atoms with Crippen LogP contribution < -0.4 is 15.4 Å². The lowest BCUT2D eigenvalue weighted by Gasteiger charge is -2.12. The largest absolute Gasteiger partial charge is 0.471 e. The number of hydrogen-bond acceptors (Lipinski definition) is 8. The molecule has 1 aromatic heterocycles. The minimum absolute atomic E-state index is 0.125.